The summed E-state index contributed by atoms with van der Waals surface area (Å²) in [5.41, 5.74) is 3.92. The number of methoxy groups -OCH3 is 1. The highest BCUT2D eigenvalue weighted by Gasteiger charge is 2.06. The lowest BCUT2D eigenvalue weighted by Crippen LogP contribution is -2.09. The Labute approximate surface area is 149 Å². The highest BCUT2D eigenvalue weighted by atomic mass is 16.5. The summed E-state index contributed by atoms with van der Waals surface area (Å²) in [5.74, 6) is 1.20. The monoisotopic (exact) mass is 339 g/mol. The van der Waals surface area contributed by atoms with Crippen LogP contribution in [-0.4, -0.2) is 19.6 Å². The minimum atomic E-state index is -0.168. The van der Waals surface area contributed by atoms with E-state index in [-0.39, 0.29) is 5.91 Å². The highest BCUT2D eigenvalue weighted by molar-refractivity contribution is 6.02. The molecular weight excluding hydrogens is 314 g/mol. The number of hydrogen-bond donors (Lipinski definition) is 1. The van der Waals surface area contributed by atoms with Gasteiger partial charge >= 0.3 is 0 Å². The van der Waals surface area contributed by atoms with Crippen molar-refractivity contribution in [1.82, 2.24) is 0 Å². The van der Waals surface area contributed by atoms with Crippen molar-refractivity contribution in [3.05, 3.63) is 59.2 Å². The summed E-state index contributed by atoms with van der Waals surface area (Å²) < 4.78 is 11.0. The SMILES string of the molecule is CCCOc1ccc(/C=C/C(=O)Nc2cccc(C)c2C)cc1OC. The fourth-order valence-electron chi connectivity index (χ4n) is 2.35. The molecule has 132 valence electrons. The molecule has 0 aliphatic heterocycles. The van der Waals surface area contributed by atoms with Crippen molar-refractivity contribution in [3.63, 3.8) is 0 Å². The van der Waals surface area contributed by atoms with E-state index < -0.39 is 0 Å². The number of aryl methyl sites for hydroxylation is 1. The van der Waals surface area contributed by atoms with Crippen molar-refractivity contribution in [2.75, 3.05) is 19.0 Å². The first-order chi connectivity index (χ1) is 12.0. The van der Waals surface area contributed by atoms with Crippen LogP contribution in [0.1, 0.15) is 30.0 Å². The maximum atomic E-state index is 12.2. The molecule has 2 aromatic rings. The number of rotatable bonds is 7. The highest BCUT2D eigenvalue weighted by Crippen LogP contribution is 2.28. The second kappa shape index (κ2) is 8.92. The van der Waals surface area contributed by atoms with Crippen LogP contribution in [0.3, 0.4) is 0 Å². The summed E-state index contributed by atoms with van der Waals surface area (Å²) in [6.07, 6.45) is 4.21. The quantitative estimate of drug-likeness (QED) is 0.740. The second-order valence-corrected chi connectivity index (χ2v) is 5.83. The van der Waals surface area contributed by atoms with Gasteiger partial charge in [0.05, 0.1) is 13.7 Å². The number of carbonyl (C=O) groups excluding carboxylic acids is 1. The van der Waals surface area contributed by atoms with Crippen molar-refractivity contribution in [2.24, 2.45) is 0 Å². The van der Waals surface area contributed by atoms with Crippen molar-refractivity contribution < 1.29 is 14.3 Å². The van der Waals surface area contributed by atoms with E-state index in [0.29, 0.717) is 18.1 Å². The molecule has 1 N–H and O–H groups in total. The predicted octanol–water partition coefficient (Wildman–Crippen LogP) is 4.75. The van der Waals surface area contributed by atoms with E-state index in [1.54, 1.807) is 13.2 Å². The molecule has 0 atom stereocenters. The van der Waals surface area contributed by atoms with E-state index in [4.69, 9.17) is 9.47 Å². The lowest BCUT2D eigenvalue weighted by atomic mass is 10.1. The molecule has 2 aromatic carbocycles. The van der Waals surface area contributed by atoms with E-state index in [0.717, 1.165) is 28.8 Å². The summed E-state index contributed by atoms with van der Waals surface area (Å²) >= 11 is 0. The summed E-state index contributed by atoms with van der Waals surface area (Å²) in [6, 6.07) is 11.5. The molecule has 0 saturated carbocycles. The second-order valence-electron chi connectivity index (χ2n) is 5.83. The van der Waals surface area contributed by atoms with Gasteiger partial charge in [-0.1, -0.05) is 25.1 Å². The first-order valence-electron chi connectivity index (χ1n) is 8.41. The first-order valence-corrected chi connectivity index (χ1v) is 8.41. The molecule has 0 unspecified atom stereocenters. The molecule has 1 amide bonds. The topological polar surface area (TPSA) is 47.6 Å². The predicted molar refractivity (Wildman–Crippen MR) is 102 cm³/mol. The van der Waals surface area contributed by atoms with Gasteiger partial charge in [-0.05, 0) is 61.2 Å². The van der Waals surface area contributed by atoms with Gasteiger partial charge in [-0.2, -0.15) is 0 Å². The van der Waals surface area contributed by atoms with Crippen LogP contribution in [-0.2, 0) is 4.79 Å². The largest absolute Gasteiger partial charge is 0.493 e. The standard InChI is InChI=1S/C21H25NO3/c1-5-13-25-19-11-9-17(14-20(19)24-4)10-12-21(23)22-18-8-6-7-15(2)16(18)3/h6-12,14H,5,13H2,1-4H3,(H,22,23)/b12-10+. The molecule has 0 aliphatic carbocycles. The van der Waals surface area contributed by atoms with Gasteiger partial charge in [0, 0.05) is 11.8 Å². The molecule has 0 bridgehead atoms. The Bertz CT molecular complexity index is 766. The maximum Gasteiger partial charge on any atom is 0.248 e. The van der Waals surface area contributed by atoms with E-state index in [2.05, 4.69) is 12.2 Å². The first kappa shape index (κ1) is 18.6. The minimum absolute atomic E-state index is 0.168. The van der Waals surface area contributed by atoms with E-state index in [1.165, 1.54) is 6.08 Å². The lowest BCUT2D eigenvalue weighted by Gasteiger charge is -2.10. The van der Waals surface area contributed by atoms with Crippen LogP contribution in [0.4, 0.5) is 5.69 Å². The summed E-state index contributed by atoms with van der Waals surface area (Å²) in [7, 11) is 1.61. The smallest absolute Gasteiger partial charge is 0.248 e. The van der Waals surface area contributed by atoms with Gasteiger partial charge in [0.2, 0.25) is 5.91 Å². The van der Waals surface area contributed by atoms with Gasteiger partial charge < -0.3 is 14.8 Å². The Morgan fingerprint density at radius 1 is 1.16 bits per heavy atom. The molecule has 0 aliphatic rings. The number of anilines is 1. The molecule has 0 fully saturated rings. The van der Waals surface area contributed by atoms with E-state index in [9.17, 15) is 4.79 Å². The molecule has 0 spiro atoms. The maximum absolute atomic E-state index is 12.2. The van der Waals surface area contributed by atoms with Crippen molar-refractivity contribution in [3.8, 4) is 11.5 Å². The van der Waals surface area contributed by atoms with Crippen LogP contribution in [0.25, 0.3) is 6.08 Å². The Hall–Kier alpha value is -2.75. The molecule has 0 aromatic heterocycles. The molecular formula is C21H25NO3. The molecule has 0 saturated heterocycles. The van der Waals surface area contributed by atoms with Gasteiger partial charge in [0.1, 0.15) is 0 Å². The van der Waals surface area contributed by atoms with Gasteiger partial charge in [0.25, 0.3) is 0 Å². The van der Waals surface area contributed by atoms with E-state index >= 15 is 0 Å². The van der Waals surface area contributed by atoms with Crippen molar-refractivity contribution in [1.29, 1.82) is 0 Å². The van der Waals surface area contributed by atoms with Crippen molar-refractivity contribution >= 4 is 17.7 Å². The lowest BCUT2D eigenvalue weighted by molar-refractivity contribution is -0.111. The van der Waals surface area contributed by atoms with Gasteiger partial charge in [0.15, 0.2) is 11.5 Å². The van der Waals surface area contributed by atoms with Gasteiger partial charge in [-0.15, -0.1) is 0 Å². The Balaban J connectivity index is 2.07. The Kier molecular flexibility index (Phi) is 6.63. The summed E-state index contributed by atoms with van der Waals surface area (Å²) in [6.45, 7) is 6.71. The number of nitrogens with one attached hydrogen (secondary N) is 1. The fraction of sp³-hybridized carbons (Fsp3) is 0.286. The molecule has 0 radical (unpaired) electrons. The third-order valence-corrected chi connectivity index (χ3v) is 3.94. The van der Waals surface area contributed by atoms with Crippen LogP contribution >= 0.6 is 0 Å². The van der Waals surface area contributed by atoms with Gasteiger partial charge in [-0.25, -0.2) is 0 Å². The van der Waals surface area contributed by atoms with Crippen LogP contribution in [0, 0.1) is 13.8 Å². The number of carbonyl (C=O) groups is 1. The van der Waals surface area contributed by atoms with E-state index in [1.807, 2.05) is 50.2 Å². The zero-order chi connectivity index (χ0) is 18.2. The van der Waals surface area contributed by atoms with Crippen LogP contribution in [0.2, 0.25) is 0 Å². The Morgan fingerprint density at radius 2 is 1.96 bits per heavy atom. The fourth-order valence-corrected chi connectivity index (χ4v) is 2.35. The number of amides is 1. The zero-order valence-electron chi connectivity index (χ0n) is 15.3. The van der Waals surface area contributed by atoms with Crippen LogP contribution in [0.15, 0.2) is 42.5 Å². The average molecular weight is 339 g/mol. The molecule has 4 nitrogen and oxygen atoms in total. The van der Waals surface area contributed by atoms with Gasteiger partial charge in [-0.3, -0.25) is 4.79 Å². The Morgan fingerprint density at radius 3 is 2.68 bits per heavy atom. The third-order valence-electron chi connectivity index (χ3n) is 3.94. The number of ether oxygens (including phenoxy) is 2. The zero-order valence-corrected chi connectivity index (χ0v) is 15.3. The average Bonchev–Trinajstić information content (AvgIpc) is 2.62. The summed E-state index contributed by atoms with van der Waals surface area (Å²) in [5, 5.41) is 2.91. The number of hydrogen-bond acceptors (Lipinski definition) is 3. The molecule has 0 heterocycles. The number of benzene rings is 2. The normalized spacial score (nSPS) is 10.7. The van der Waals surface area contributed by atoms with Crippen molar-refractivity contribution in [2.45, 2.75) is 27.2 Å². The molecule has 2 rings (SSSR count). The minimum Gasteiger partial charge on any atom is -0.493 e. The third kappa shape index (κ3) is 5.11. The van der Waals surface area contributed by atoms with Crippen LogP contribution in [0.5, 0.6) is 11.5 Å². The molecule has 25 heavy (non-hydrogen) atoms. The van der Waals surface area contributed by atoms with Crippen LogP contribution < -0.4 is 14.8 Å². The summed E-state index contributed by atoms with van der Waals surface area (Å²) in [4.78, 5) is 12.2. The molecule has 4 heteroatoms.